The molecule has 3 rings (SSSR count). The van der Waals surface area contributed by atoms with E-state index in [1.165, 1.54) is 6.08 Å². The van der Waals surface area contributed by atoms with Crippen LogP contribution in [0, 0.1) is 0 Å². The van der Waals surface area contributed by atoms with Crippen LogP contribution in [0.2, 0.25) is 0 Å². The second-order valence-electron chi connectivity index (χ2n) is 5.55. The zero-order valence-corrected chi connectivity index (χ0v) is 18.4. The molecule has 0 atom stereocenters. The molecule has 0 spiro atoms. The Morgan fingerprint density at radius 3 is 2.03 bits per heavy atom. The van der Waals surface area contributed by atoms with Crippen LogP contribution < -0.4 is 10.2 Å². The molecule has 8 heteroatoms. The molecule has 0 amide bonds. The maximum absolute atomic E-state index is 12.3. The number of fused-ring (bicyclic) bond motifs is 1. The van der Waals surface area contributed by atoms with Crippen molar-refractivity contribution >= 4 is 28.1 Å². The molecule has 30 heavy (non-hydrogen) atoms. The van der Waals surface area contributed by atoms with Crippen LogP contribution in [0.25, 0.3) is 16.5 Å². The van der Waals surface area contributed by atoms with Crippen LogP contribution in [0.15, 0.2) is 89.1 Å². The van der Waals surface area contributed by atoms with Gasteiger partial charge in [-0.3, -0.25) is 0 Å². The van der Waals surface area contributed by atoms with Crippen molar-refractivity contribution in [1.29, 1.82) is 0 Å². The summed E-state index contributed by atoms with van der Waals surface area (Å²) in [6.45, 7) is 1.64. The minimum Gasteiger partial charge on any atom is -2.00 e. The van der Waals surface area contributed by atoms with E-state index in [4.69, 9.17) is 5.11 Å². The zero-order valence-electron chi connectivity index (χ0n) is 16.4. The predicted octanol–water partition coefficient (Wildman–Crippen LogP) is 2.09. The molecule has 0 radical (unpaired) electrons. The van der Waals surface area contributed by atoms with Gasteiger partial charge in [-0.1, -0.05) is 78.6 Å². The average Bonchev–Trinajstić information content (AvgIpc) is 2.73. The molecule has 0 aliphatic heterocycles. The van der Waals surface area contributed by atoms with E-state index in [9.17, 15) is 10.2 Å². The molecule has 0 saturated carbocycles. The molecule has 3 aromatic carbocycles. The maximum atomic E-state index is 12.3. The van der Waals surface area contributed by atoms with Crippen molar-refractivity contribution in [2.75, 3.05) is 7.11 Å². The molecule has 0 fully saturated rings. The summed E-state index contributed by atoms with van der Waals surface area (Å²) in [5.74, 6) is -0.605. The molecule has 0 bridgehead atoms. The molecule has 0 heterocycles. The van der Waals surface area contributed by atoms with Crippen LogP contribution in [0.4, 0.5) is 0 Å². The summed E-state index contributed by atoms with van der Waals surface area (Å²) in [5.41, 5.74) is 1.43. The Labute approximate surface area is 189 Å². The van der Waals surface area contributed by atoms with Gasteiger partial charge in [0.15, 0.2) is 0 Å². The van der Waals surface area contributed by atoms with Crippen molar-refractivity contribution in [2.45, 2.75) is 6.92 Å². The van der Waals surface area contributed by atoms with Gasteiger partial charge in [-0.15, -0.1) is 0 Å². The summed E-state index contributed by atoms with van der Waals surface area (Å²) in [7, 11) is 1.00. The predicted molar refractivity (Wildman–Crippen MR) is 108 cm³/mol. The number of allylic oxidation sites excluding steroid dienone is 1. The van der Waals surface area contributed by atoms with Crippen molar-refractivity contribution in [3.05, 3.63) is 90.0 Å². The monoisotopic (exact) mass is 490 g/mol. The van der Waals surface area contributed by atoms with Crippen molar-refractivity contribution in [3.8, 4) is 0 Å². The third-order valence-electron chi connectivity index (χ3n) is 3.72. The first-order valence-electron chi connectivity index (χ1n) is 8.31. The van der Waals surface area contributed by atoms with E-state index in [-0.39, 0.29) is 37.8 Å². The van der Waals surface area contributed by atoms with E-state index in [2.05, 4.69) is 10.2 Å². The third-order valence-corrected chi connectivity index (χ3v) is 3.72. The Morgan fingerprint density at radius 2 is 1.37 bits per heavy atom. The smallest absolute Gasteiger partial charge is 0.0593 e. The van der Waals surface area contributed by atoms with Gasteiger partial charge >= 0.3 is 0 Å². The molecular weight excluding hydrogens is 468 g/mol. The molecule has 0 aliphatic carbocycles. The van der Waals surface area contributed by atoms with Gasteiger partial charge < -0.3 is 26.3 Å². The molecule has 0 aliphatic rings. The second-order valence-corrected chi connectivity index (χ2v) is 5.55. The minimum atomic E-state index is -0.434. The van der Waals surface area contributed by atoms with Gasteiger partial charge in [0.25, 0.3) is 0 Å². The van der Waals surface area contributed by atoms with E-state index in [1.807, 2.05) is 42.5 Å². The van der Waals surface area contributed by atoms with Gasteiger partial charge in [0.2, 0.25) is 0 Å². The molecule has 0 unspecified atom stereocenters. The first-order valence-corrected chi connectivity index (χ1v) is 8.31. The number of hydrogen-bond donors (Lipinski definition) is 1. The Morgan fingerprint density at radius 1 is 0.800 bits per heavy atom. The van der Waals surface area contributed by atoms with E-state index in [0.29, 0.717) is 16.8 Å². The molecule has 160 valence electrons. The first-order chi connectivity index (χ1) is 13.1. The van der Waals surface area contributed by atoms with Gasteiger partial charge in [-0.2, -0.15) is 10.2 Å². The van der Waals surface area contributed by atoms with E-state index in [1.54, 1.807) is 37.3 Å². The molecule has 0 saturated heterocycles. The second kappa shape index (κ2) is 15.1. The third kappa shape index (κ3) is 7.89. The summed E-state index contributed by atoms with van der Waals surface area (Å²) in [6.07, 6.45) is 1.37. The number of nitrogens with zero attached hydrogens (tertiary/aromatic N) is 2. The van der Waals surface area contributed by atoms with Crippen LogP contribution in [-0.4, -0.2) is 23.8 Å². The summed E-state index contributed by atoms with van der Waals surface area (Å²) in [5, 5.41) is 40.9. The van der Waals surface area contributed by atoms with Crippen molar-refractivity contribution in [1.82, 2.24) is 0 Å². The minimum absolute atomic E-state index is 0. The Hall–Kier alpha value is -2.83. The normalized spacial score (nSPS) is 11.2. The summed E-state index contributed by atoms with van der Waals surface area (Å²) >= 11 is 0. The average molecular weight is 488 g/mol. The Balaban J connectivity index is 0. The van der Waals surface area contributed by atoms with Crippen LogP contribution in [0.1, 0.15) is 18.1 Å². The molecule has 1 N–H and O–H groups in total. The standard InChI is InChI=1S/C21H18N2O2.CH4O.Mo.2O/c1-15(14-20(24)17-9-3-2-4-10-17)22-23-21(25)19-13-7-11-16-8-5-6-12-18(16)19;1-2;;;/h2-14,24H,1H3,(H,23,25);2H,1H3;;;/q;;;2*-2/p-2/b20-14-,22-15+;;;;. The summed E-state index contributed by atoms with van der Waals surface area (Å²) in [6, 6.07) is 22.0. The number of rotatable bonds is 4. The van der Waals surface area contributed by atoms with Crippen molar-refractivity contribution in [2.24, 2.45) is 10.2 Å². The van der Waals surface area contributed by atoms with Crippen LogP contribution in [0.3, 0.4) is 0 Å². The Bertz CT molecular complexity index is 984. The topological polar surface area (TPSA) is 148 Å². The van der Waals surface area contributed by atoms with E-state index >= 15 is 0 Å². The van der Waals surface area contributed by atoms with Crippen LogP contribution in [-0.2, 0) is 32.0 Å². The number of aliphatic hydroxyl groups excluding tert-OH is 1. The van der Waals surface area contributed by atoms with Gasteiger partial charge in [-0.05, 0) is 34.9 Å². The number of benzene rings is 3. The molecule has 7 nitrogen and oxygen atoms in total. The van der Waals surface area contributed by atoms with Crippen LogP contribution in [0.5, 0.6) is 0 Å². The first kappa shape index (κ1) is 29.4. The summed E-state index contributed by atoms with van der Waals surface area (Å²) in [4.78, 5) is 0. The summed E-state index contributed by atoms with van der Waals surface area (Å²) < 4.78 is 0. The number of hydrogen-bond acceptors (Lipinski definition) is 5. The fourth-order valence-electron chi connectivity index (χ4n) is 2.49. The zero-order chi connectivity index (χ0) is 19.6. The fourth-order valence-corrected chi connectivity index (χ4v) is 2.49. The molecule has 0 aromatic heterocycles. The van der Waals surface area contributed by atoms with Crippen molar-refractivity contribution in [3.63, 3.8) is 0 Å². The molecular formula is C22H20MoN2O5-6. The van der Waals surface area contributed by atoms with Crippen molar-refractivity contribution < 1.29 is 47.3 Å². The van der Waals surface area contributed by atoms with E-state index in [0.717, 1.165) is 17.9 Å². The fraction of sp³-hybridized carbons (Fsp3) is 0.0909. The van der Waals surface area contributed by atoms with Gasteiger partial charge in [-0.25, -0.2) is 0 Å². The van der Waals surface area contributed by atoms with Crippen LogP contribution >= 0.6 is 0 Å². The maximum Gasteiger partial charge on any atom is 0.0593 e. The van der Waals surface area contributed by atoms with Gasteiger partial charge in [0.1, 0.15) is 0 Å². The van der Waals surface area contributed by atoms with Gasteiger partial charge in [0, 0.05) is 34.1 Å². The molecule has 3 aromatic rings. The quantitative estimate of drug-likeness (QED) is 0.197. The largest absolute Gasteiger partial charge is 2.00 e. The van der Waals surface area contributed by atoms with E-state index < -0.39 is 5.90 Å². The SMILES string of the molecule is CC(/C=C(\[O-])c1ccccc1)=N\N=C(/[O-])c1cccc2ccccc12.CO.[Mo].[O-2].[O-2]. The Kier molecular flexibility index (Phi) is 14.8. The van der Waals surface area contributed by atoms with Gasteiger partial charge in [0.05, 0.1) is 5.71 Å². The number of aliphatic hydroxyl groups is 1.